The molecule has 0 aromatic carbocycles. The van der Waals surface area contributed by atoms with Crippen LogP contribution >= 0.6 is 0 Å². The van der Waals surface area contributed by atoms with Crippen molar-refractivity contribution in [2.24, 2.45) is 7.05 Å². The van der Waals surface area contributed by atoms with Gasteiger partial charge in [0.1, 0.15) is 0 Å². The Morgan fingerprint density at radius 2 is 2.13 bits per heavy atom. The third-order valence-electron chi connectivity index (χ3n) is 2.36. The van der Waals surface area contributed by atoms with Crippen molar-refractivity contribution in [3.8, 4) is 11.5 Å². The summed E-state index contributed by atoms with van der Waals surface area (Å²) >= 11 is 0. The molecule has 15 heavy (non-hydrogen) atoms. The van der Waals surface area contributed by atoms with Gasteiger partial charge in [0.05, 0.1) is 11.9 Å². The second-order valence-electron chi connectivity index (χ2n) is 3.86. The largest absolute Gasteiger partial charge is 0.439 e. The van der Waals surface area contributed by atoms with Gasteiger partial charge in [0.25, 0.3) is 0 Å². The summed E-state index contributed by atoms with van der Waals surface area (Å²) in [7, 11) is 1.85. The lowest BCUT2D eigenvalue weighted by Crippen LogP contribution is -1.92. The van der Waals surface area contributed by atoms with E-state index in [2.05, 4.69) is 15.3 Å². The molecule has 5 nitrogen and oxygen atoms in total. The number of rotatable bonds is 2. The Morgan fingerprint density at radius 1 is 1.40 bits per heavy atom. The molecule has 0 radical (unpaired) electrons. The van der Waals surface area contributed by atoms with E-state index in [0.29, 0.717) is 5.76 Å². The molecule has 0 bridgehead atoms. The zero-order valence-corrected chi connectivity index (χ0v) is 9.35. The highest BCUT2D eigenvalue weighted by Crippen LogP contribution is 2.23. The van der Waals surface area contributed by atoms with Crippen LogP contribution in [0.15, 0.2) is 10.6 Å². The van der Waals surface area contributed by atoms with Gasteiger partial charge in [0, 0.05) is 13.0 Å². The fourth-order valence-electron chi connectivity index (χ4n) is 1.30. The molecule has 0 N–H and O–H groups in total. The maximum absolute atomic E-state index is 5.60. The Hall–Kier alpha value is -1.65. The molecule has 0 unspecified atom stereocenters. The van der Waals surface area contributed by atoms with E-state index in [1.54, 1.807) is 10.9 Å². The Kier molecular flexibility index (Phi) is 2.30. The van der Waals surface area contributed by atoms with Crippen molar-refractivity contribution in [1.82, 2.24) is 20.0 Å². The van der Waals surface area contributed by atoms with Crippen LogP contribution in [-0.2, 0) is 7.05 Å². The van der Waals surface area contributed by atoms with Crippen LogP contribution in [0.5, 0.6) is 0 Å². The average Bonchev–Trinajstić information content (AvgIpc) is 2.76. The SMILES string of the molecule is Cc1c(-c2cnc(C(C)C)o2)nnn1C. The van der Waals surface area contributed by atoms with E-state index in [-0.39, 0.29) is 5.92 Å². The highest BCUT2D eigenvalue weighted by atomic mass is 16.4. The highest BCUT2D eigenvalue weighted by molar-refractivity contribution is 5.53. The van der Waals surface area contributed by atoms with Crippen molar-refractivity contribution in [3.63, 3.8) is 0 Å². The topological polar surface area (TPSA) is 56.7 Å². The molecule has 2 rings (SSSR count). The number of aryl methyl sites for hydroxylation is 1. The smallest absolute Gasteiger partial charge is 0.197 e. The van der Waals surface area contributed by atoms with E-state index in [1.807, 2.05) is 27.8 Å². The number of oxazole rings is 1. The summed E-state index contributed by atoms with van der Waals surface area (Å²) in [5.41, 5.74) is 1.73. The number of hydrogen-bond acceptors (Lipinski definition) is 4. The summed E-state index contributed by atoms with van der Waals surface area (Å²) in [6.07, 6.45) is 1.70. The molecule has 0 fully saturated rings. The van der Waals surface area contributed by atoms with Gasteiger partial charge in [0.15, 0.2) is 17.3 Å². The molecule has 2 aromatic heterocycles. The standard InChI is InChI=1S/C10H14N4O/c1-6(2)10-11-5-8(15-10)9-7(3)14(4)13-12-9/h5-6H,1-4H3. The monoisotopic (exact) mass is 206 g/mol. The van der Waals surface area contributed by atoms with Crippen LogP contribution in [0.3, 0.4) is 0 Å². The van der Waals surface area contributed by atoms with Gasteiger partial charge in [-0.1, -0.05) is 19.1 Å². The van der Waals surface area contributed by atoms with Crippen LogP contribution in [0.1, 0.15) is 31.4 Å². The van der Waals surface area contributed by atoms with Crippen molar-refractivity contribution in [2.45, 2.75) is 26.7 Å². The molecule has 80 valence electrons. The van der Waals surface area contributed by atoms with E-state index >= 15 is 0 Å². The molecule has 0 aliphatic carbocycles. The van der Waals surface area contributed by atoms with Crippen molar-refractivity contribution < 1.29 is 4.42 Å². The normalized spacial score (nSPS) is 11.3. The predicted molar refractivity (Wildman–Crippen MR) is 55.3 cm³/mol. The number of nitrogens with zero attached hydrogens (tertiary/aromatic N) is 4. The minimum Gasteiger partial charge on any atom is -0.439 e. The summed E-state index contributed by atoms with van der Waals surface area (Å²) in [5, 5.41) is 7.96. The molecule has 0 atom stereocenters. The highest BCUT2D eigenvalue weighted by Gasteiger charge is 2.14. The zero-order chi connectivity index (χ0) is 11.0. The molecule has 0 amide bonds. The first-order chi connectivity index (χ1) is 7.09. The van der Waals surface area contributed by atoms with Gasteiger partial charge in [-0.05, 0) is 6.92 Å². The summed E-state index contributed by atoms with van der Waals surface area (Å²) in [6, 6.07) is 0. The van der Waals surface area contributed by atoms with Crippen molar-refractivity contribution in [3.05, 3.63) is 17.8 Å². The van der Waals surface area contributed by atoms with E-state index in [4.69, 9.17) is 4.42 Å². The van der Waals surface area contributed by atoms with Gasteiger partial charge in [-0.25, -0.2) is 4.98 Å². The van der Waals surface area contributed by atoms with E-state index in [9.17, 15) is 0 Å². The van der Waals surface area contributed by atoms with Gasteiger partial charge in [-0.3, -0.25) is 4.68 Å². The Labute approximate surface area is 88.1 Å². The van der Waals surface area contributed by atoms with Crippen LogP contribution in [0, 0.1) is 6.92 Å². The molecule has 0 saturated carbocycles. The molecule has 0 aliphatic heterocycles. The fraction of sp³-hybridized carbons (Fsp3) is 0.500. The molecule has 2 heterocycles. The molecule has 0 saturated heterocycles. The van der Waals surface area contributed by atoms with Gasteiger partial charge >= 0.3 is 0 Å². The molecule has 0 aliphatic rings. The quantitative estimate of drug-likeness (QED) is 0.753. The van der Waals surface area contributed by atoms with E-state index in [1.165, 1.54) is 0 Å². The summed E-state index contributed by atoms with van der Waals surface area (Å²) in [5.74, 6) is 1.70. The van der Waals surface area contributed by atoms with Gasteiger partial charge in [0.2, 0.25) is 0 Å². The lowest BCUT2D eigenvalue weighted by molar-refractivity contribution is 0.480. The van der Waals surface area contributed by atoms with Crippen LogP contribution in [0.2, 0.25) is 0 Å². The third-order valence-corrected chi connectivity index (χ3v) is 2.36. The minimum absolute atomic E-state index is 0.288. The fourth-order valence-corrected chi connectivity index (χ4v) is 1.30. The third kappa shape index (κ3) is 1.65. The second kappa shape index (κ2) is 3.49. The molecule has 2 aromatic rings. The number of hydrogen-bond donors (Lipinski definition) is 0. The lowest BCUT2D eigenvalue weighted by Gasteiger charge is -1.96. The van der Waals surface area contributed by atoms with Crippen LogP contribution in [0.4, 0.5) is 0 Å². The van der Waals surface area contributed by atoms with Gasteiger partial charge in [-0.15, -0.1) is 5.10 Å². The zero-order valence-electron chi connectivity index (χ0n) is 9.35. The van der Waals surface area contributed by atoms with Crippen LogP contribution < -0.4 is 0 Å². The maximum atomic E-state index is 5.60. The molecular formula is C10H14N4O. The van der Waals surface area contributed by atoms with Gasteiger partial charge in [-0.2, -0.15) is 0 Å². The average molecular weight is 206 g/mol. The predicted octanol–water partition coefficient (Wildman–Crippen LogP) is 1.90. The van der Waals surface area contributed by atoms with Crippen molar-refractivity contribution >= 4 is 0 Å². The first-order valence-electron chi connectivity index (χ1n) is 4.92. The minimum atomic E-state index is 0.288. The van der Waals surface area contributed by atoms with Gasteiger partial charge < -0.3 is 4.42 Å². The van der Waals surface area contributed by atoms with Crippen molar-refractivity contribution in [1.29, 1.82) is 0 Å². The molecule has 5 heteroatoms. The van der Waals surface area contributed by atoms with E-state index in [0.717, 1.165) is 17.3 Å². The Bertz CT molecular complexity index is 469. The maximum Gasteiger partial charge on any atom is 0.197 e. The summed E-state index contributed by atoms with van der Waals surface area (Å²) < 4.78 is 7.31. The van der Waals surface area contributed by atoms with Crippen LogP contribution in [-0.4, -0.2) is 20.0 Å². The Morgan fingerprint density at radius 3 is 2.60 bits per heavy atom. The number of aromatic nitrogens is 4. The summed E-state index contributed by atoms with van der Waals surface area (Å²) in [6.45, 7) is 6.03. The first kappa shape index (κ1) is 9.89. The molecule has 0 spiro atoms. The van der Waals surface area contributed by atoms with Crippen LogP contribution in [0.25, 0.3) is 11.5 Å². The lowest BCUT2D eigenvalue weighted by atomic mass is 10.2. The van der Waals surface area contributed by atoms with E-state index < -0.39 is 0 Å². The summed E-state index contributed by atoms with van der Waals surface area (Å²) in [4.78, 5) is 4.20. The Balaban J connectivity index is 2.41. The first-order valence-corrected chi connectivity index (χ1v) is 4.92. The second-order valence-corrected chi connectivity index (χ2v) is 3.86. The van der Waals surface area contributed by atoms with Crippen molar-refractivity contribution in [2.75, 3.05) is 0 Å². The molecular weight excluding hydrogens is 192 g/mol.